The maximum Gasteiger partial charge on any atom is 0.412 e. The maximum absolute atomic E-state index is 12.3. The molecule has 0 aliphatic rings. The Labute approximate surface area is 197 Å². The monoisotopic (exact) mass is 493 g/mol. The minimum absolute atomic E-state index is 0.0248. The lowest BCUT2D eigenvalue weighted by molar-refractivity contribution is 0.0589. The Balaban J connectivity index is 1.55. The molecule has 0 bridgehead atoms. The molecule has 0 fully saturated rings. The quantitative estimate of drug-likeness (QED) is 0.470. The molecular weight excluding hydrogens is 470 g/mol. The molecule has 0 atom stereocenters. The van der Waals surface area contributed by atoms with E-state index in [1.165, 1.54) is 23.8 Å². The van der Waals surface area contributed by atoms with Gasteiger partial charge in [0.25, 0.3) is 5.19 Å². The van der Waals surface area contributed by atoms with E-state index in [1.807, 2.05) is 11.6 Å². The van der Waals surface area contributed by atoms with Crippen molar-refractivity contribution in [2.24, 2.45) is 7.05 Å². The highest BCUT2D eigenvalue weighted by Gasteiger charge is 2.19. The summed E-state index contributed by atoms with van der Waals surface area (Å²) in [4.78, 5) is 43.8. The van der Waals surface area contributed by atoms with Gasteiger partial charge in [-0.2, -0.15) is 4.98 Å². The van der Waals surface area contributed by atoms with E-state index < -0.39 is 23.6 Å². The summed E-state index contributed by atoms with van der Waals surface area (Å²) in [5, 5.41) is 9.36. The number of anilines is 2. The maximum atomic E-state index is 12.3. The van der Waals surface area contributed by atoms with Crippen LogP contribution in [0.2, 0.25) is 0 Å². The molecule has 3 heterocycles. The Bertz CT molecular complexity index is 1160. The second-order valence-electron chi connectivity index (χ2n) is 7.73. The molecule has 0 saturated carbocycles. The van der Waals surface area contributed by atoms with Crippen LogP contribution in [-0.2, 0) is 23.1 Å². The fourth-order valence-corrected chi connectivity index (χ4v) is 3.84. The zero-order valence-electron chi connectivity index (χ0n) is 18.6. The number of methoxy groups -OCH3 is 1. The summed E-state index contributed by atoms with van der Waals surface area (Å²) < 4.78 is 16.8. The molecule has 0 unspecified atom stereocenters. The first-order valence-electron chi connectivity index (χ1n) is 9.64. The van der Waals surface area contributed by atoms with Gasteiger partial charge in [-0.25, -0.2) is 19.4 Å². The number of nitrogens with one attached hydrogen (secondary N) is 2. The molecule has 0 aromatic carbocycles. The molecule has 0 spiro atoms. The lowest BCUT2D eigenvalue weighted by Crippen LogP contribution is -2.27. The van der Waals surface area contributed by atoms with E-state index in [4.69, 9.17) is 9.47 Å². The third-order valence-electron chi connectivity index (χ3n) is 3.94. The Kier molecular flexibility index (Phi) is 7.33. The Morgan fingerprint density at radius 2 is 1.79 bits per heavy atom. The van der Waals surface area contributed by atoms with Crippen molar-refractivity contribution >= 4 is 51.5 Å². The molecule has 0 saturated heterocycles. The number of ether oxygens (including phenoxy) is 3. The molecule has 33 heavy (non-hydrogen) atoms. The summed E-state index contributed by atoms with van der Waals surface area (Å²) in [5.41, 5.74) is 1.06. The largest absolute Gasteiger partial charge is 0.464 e. The average molecular weight is 494 g/mol. The molecule has 11 nitrogen and oxygen atoms in total. The van der Waals surface area contributed by atoms with Gasteiger partial charge in [0.1, 0.15) is 5.60 Å². The summed E-state index contributed by atoms with van der Waals surface area (Å²) in [5.74, 6) is -1.30. The van der Waals surface area contributed by atoms with Gasteiger partial charge in [0.05, 0.1) is 19.3 Å². The molecule has 0 aliphatic heterocycles. The molecule has 3 rings (SSSR count). The highest BCUT2D eigenvalue weighted by Crippen LogP contribution is 2.23. The van der Waals surface area contributed by atoms with Crippen LogP contribution in [0.1, 0.15) is 47.4 Å². The van der Waals surface area contributed by atoms with Crippen molar-refractivity contribution in [3.8, 4) is 5.19 Å². The van der Waals surface area contributed by atoms with Crippen LogP contribution in [0.5, 0.6) is 5.19 Å². The molecule has 13 heteroatoms. The van der Waals surface area contributed by atoms with Crippen molar-refractivity contribution in [1.82, 2.24) is 14.5 Å². The Morgan fingerprint density at radius 1 is 1.09 bits per heavy atom. The first kappa shape index (κ1) is 24.2. The van der Waals surface area contributed by atoms with Crippen LogP contribution >= 0.6 is 22.7 Å². The standard InChI is InChI=1S/C20H23N5O6S2/c1-20(2,3)31-18(28)22-11-6-12(25(4)8-11)7-21-17-23-14(9-32-17)16(27)30-19-24-13(10-33-19)15(26)29-5/h6,8-10H,7H2,1-5H3,(H,21,23)(H,22,28). The van der Waals surface area contributed by atoms with Crippen LogP contribution < -0.4 is 15.4 Å². The predicted octanol–water partition coefficient (Wildman–Crippen LogP) is 3.90. The summed E-state index contributed by atoms with van der Waals surface area (Å²) in [6, 6.07) is 1.81. The number of carbonyl (C=O) groups excluding carboxylic acids is 3. The van der Waals surface area contributed by atoms with Crippen LogP contribution in [0, 0.1) is 0 Å². The SMILES string of the molecule is COC(=O)c1csc(OC(=O)c2csc(NCc3cc(NC(=O)OC(C)(C)C)cn3C)n2)n1. The fourth-order valence-electron chi connectivity index (χ4n) is 2.52. The highest BCUT2D eigenvalue weighted by atomic mass is 32.1. The minimum atomic E-state index is -0.687. The molecule has 1 amide bonds. The van der Waals surface area contributed by atoms with Crippen molar-refractivity contribution in [2.45, 2.75) is 32.9 Å². The third kappa shape index (κ3) is 6.76. The molecule has 3 aromatic rings. The van der Waals surface area contributed by atoms with Gasteiger partial charge >= 0.3 is 18.0 Å². The van der Waals surface area contributed by atoms with E-state index in [0.717, 1.165) is 17.0 Å². The van der Waals surface area contributed by atoms with Gasteiger partial charge in [0.2, 0.25) is 0 Å². The minimum Gasteiger partial charge on any atom is -0.464 e. The van der Waals surface area contributed by atoms with Crippen molar-refractivity contribution < 1.29 is 28.6 Å². The van der Waals surface area contributed by atoms with Crippen LogP contribution in [0.4, 0.5) is 15.6 Å². The normalized spacial score (nSPS) is 11.1. The molecule has 176 valence electrons. The van der Waals surface area contributed by atoms with Crippen molar-refractivity contribution in [2.75, 3.05) is 17.7 Å². The van der Waals surface area contributed by atoms with Crippen LogP contribution in [0.15, 0.2) is 23.0 Å². The number of hydrogen-bond donors (Lipinski definition) is 2. The van der Waals surface area contributed by atoms with E-state index in [-0.39, 0.29) is 16.6 Å². The number of nitrogens with zero attached hydrogens (tertiary/aromatic N) is 3. The summed E-state index contributed by atoms with van der Waals surface area (Å²) in [7, 11) is 3.09. The second kappa shape index (κ2) is 10.0. The summed E-state index contributed by atoms with van der Waals surface area (Å²) in [6.45, 7) is 5.79. The number of aromatic nitrogens is 3. The van der Waals surface area contributed by atoms with E-state index >= 15 is 0 Å². The second-order valence-corrected chi connectivity index (χ2v) is 9.41. The zero-order chi connectivity index (χ0) is 24.2. The van der Waals surface area contributed by atoms with Crippen molar-refractivity contribution in [1.29, 1.82) is 0 Å². The zero-order valence-corrected chi connectivity index (χ0v) is 20.3. The van der Waals surface area contributed by atoms with E-state index in [1.54, 1.807) is 38.4 Å². The van der Waals surface area contributed by atoms with Gasteiger partial charge in [0.15, 0.2) is 16.5 Å². The van der Waals surface area contributed by atoms with Crippen LogP contribution in [0.3, 0.4) is 0 Å². The van der Waals surface area contributed by atoms with E-state index in [2.05, 4.69) is 25.3 Å². The number of aryl methyl sites for hydroxylation is 1. The molecule has 3 aromatic heterocycles. The molecule has 2 N–H and O–H groups in total. The van der Waals surface area contributed by atoms with Crippen molar-refractivity contribution in [3.05, 3.63) is 40.1 Å². The summed E-state index contributed by atoms with van der Waals surface area (Å²) >= 11 is 2.24. The Morgan fingerprint density at radius 3 is 2.48 bits per heavy atom. The van der Waals surface area contributed by atoms with Gasteiger partial charge in [-0.3, -0.25) is 5.32 Å². The topological polar surface area (TPSA) is 134 Å². The number of hydrogen-bond acceptors (Lipinski definition) is 11. The molecule has 0 aliphatic carbocycles. The van der Waals surface area contributed by atoms with Gasteiger partial charge < -0.3 is 24.1 Å². The Hall–Kier alpha value is -3.45. The van der Waals surface area contributed by atoms with Gasteiger partial charge in [-0.15, -0.1) is 11.3 Å². The number of rotatable bonds is 7. The lowest BCUT2D eigenvalue weighted by Gasteiger charge is -2.19. The first-order chi connectivity index (χ1) is 15.5. The molecule has 0 radical (unpaired) electrons. The highest BCUT2D eigenvalue weighted by molar-refractivity contribution is 7.14. The fraction of sp³-hybridized carbons (Fsp3) is 0.350. The number of carbonyl (C=O) groups is 3. The van der Waals surface area contributed by atoms with Crippen LogP contribution in [0.25, 0.3) is 0 Å². The van der Waals surface area contributed by atoms with Crippen molar-refractivity contribution in [3.63, 3.8) is 0 Å². The van der Waals surface area contributed by atoms with Gasteiger partial charge in [-0.05, 0) is 26.8 Å². The van der Waals surface area contributed by atoms with Gasteiger partial charge in [0, 0.05) is 29.7 Å². The number of esters is 2. The lowest BCUT2D eigenvalue weighted by atomic mass is 10.2. The smallest absolute Gasteiger partial charge is 0.412 e. The van der Waals surface area contributed by atoms with E-state index in [9.17, 15) is 14.4 Å². The van der Waals surface area contributed by atoms with Gasteiger partial charge in [-0.1, -0.05) is 11.3 Å². The number of thiazole rings is 2. The first-order valence-corrected chi connectivity index (χ1v) is 11.4. The predicted molar refractivity (Wildman–Crippen MR) is 123 cm³/mol. The van der Waals surface area contributed by atoms with Crippen LogP contribution in [-0.4, -0.2) is 45.3 Å². The number of amides is 1. The third-order valence-corrected chi connectivity index (χ3v) is 5.46. The van der Waals surface area contributed by atoms with E-state index in [0.29, 0.717) is 17.4 Å². The molecular formula is C20H23N5O6S2. The average Bonchev–Trinajstić information content (AvgIpc) is 3.44. The summed E-state index contributed by atoms with van der Waals surface area (Å²) in [6.07, 6.45) is 1.23.